The first-order chi connectivity index (χ1) is 9.49. The zero-order chi connectivity index (χ0) is 14.7. The Bertz CT molecular complexity index is 621. The Labute approximate surface area is 116 Å². The number of anilines is 1. The summed E-state index contributed by atoms with van der Waals surface area (Å²) in [6, 6.07) is 5.37. The van der Waals surface area contributed by atoms with Crippen molar-refractivity contribution in [3.63, 3.8) is 0 Å². The zero-order valence-corrected chi connectivity index (χ0v) is 11.2. The molecule has 0 aliphatic carbocycles. The third-order valence-corrected chi connectivity index (χ3v) is 2.88. The second kappa shape index (κ2) is 5.89. The summed E-state index contributed by atoms with van der Waals surface area (Å²) in [5, 5.41) is 9.79. The smallest absolute Gasteiger partial charge is 0.243 e. The number of imidazole rings is 1. The van der Waals surface area contributed by atoms with Gasteiger partial charge in [-0.3, -0.25) is 4.79 Å². The van der Waals surface area contributed by atoms with Crippen molar-refractivity contribution in [3.05, 3.63) is 24.0 Å². The standard InChI is InChI=1S/C13H18N4O3/c1-8(18)13-16-10-6-9(14)2-3-11(10)17(13)4-5-20-7-12(15)19/h2-3,6,8,18H,4-5,7,14H2,1H3,(H2,15,19). The number of aliphatic hydroxyl groups is 1. The molecule has 0 aliphatic heterocycles. The lowest BCUT2D eigenvalue weighted by Gasteiger charge is -2.10. The van der Waals surface area contributed by atoms with Gasteiger partial charge in [0.15, 0.2) is 0 Å². The van der Waals surface area contributed by atoms with Crippen LogP contribution >= 0.6 is 0 Å². The maximum Gasteiger partial charge on any atom is 0.243 e. The first-order valence-electron chi connectivity index (χ1n) is 6.29. The minimum atomic E-state index is -0.709. The number of hydrogen-bond donors (Lipinski definition) is 3. The summed E-state index contributed by atoms with van der Waals surface area (Å²) in [6.45, 7) is 2.29. The molecule has 1 aromatic carbocycles. The molecule has 20 heavy (non-hydrogen) atoms. The zero-order valence-electron chi connectivity index (χ0n) is 11.2. The SMILES string of the molecule is CC(O)c1nc2cc(N)ccc2n1CCOCC(N)=O. The Kier molecular flexibility index (Phi) is 4.21. The number of primary amides is 1. The lowest BCUT2D eigenvalue weighted by molar-refractivity contribution is -0.122. The molecule has 0 bridgehead atoms. The molecule has 0 saturated carbocycles. The molecular formula is C13H18N4O3. The van der Waals surface area contributed by atoms with Crippen molar-refractivity contribution >= 4 is 22.6 Å². The number of fused-ring (bicyclic) bond motifs is 1. The maximum absolute atomic E-state index is 10.6. The summed E-state index contributed by atoms with van der Waals surface area (Å²) >= 11 is 0. The Balaban J connectivity index is 2.24. The molecule has 0 fully saturated rings. The van der Waals surface area contributed by atoms with Gasteiger partial charge in [0.25, 0.3) is 0 Å². The normalized spacial score (nSPS) is 12.7. The highest BCUT2D eigenvalue weighted by atomic mass is 16.5. The number of amides is 1. The molecule has 108 valence electrons. The van der Waals surface area contributed by atoms with Gasteiger partial charge in [-0.1, -0.05) is 0 Å². The summed E-state index contributed by atoms with van der Waals surface area (Å²) in [5.41, 5.74) is 12.9. The molecular weight excluding hydrogens is 260 g/mol. The van der Waals surface area contributed by atoms with E-state index in [-0.39, 0.29) is 6.61 Å². The number of carbonyl (C=O) groups excluding carboxylic acids is 1. The topological polar surface area (TPSA) is 116 Å². The van der Waals surface area contributed by atoms with Crippen LogP contribution < -0.4 is 11.5 Å². The number of aromatic nitrogens is 2. The highest BCUT2D eigenvalue weighted by molar-refractivity contribution is 5.79. The maximum atomic E-state index is 10.6. The van der Waals surface area contributed by atoms with E-state index in [0.717, 1.165) is 11.0 Å². The van der Waals surface area contributed by atoms with Crippen molar-refractivity contribution in [2.24, 2.45) is 5.73 Å². The highest BCUT2D eigenvalue weighted by Crippen LogP contribution is 2.22. The van der Waals surface area contributed by atoms with Crippen LogP contribution in [0.5, 0.6) is 0 Å². The second-order valence-corrected chi connectivity index (χ2v) is 4.56. The van der Waals surface area contributed by atoms with Crippen LogP contribution in [0.2, 0.25) is 0 Å². The number of rotatable bonds is 6. The van der Waals surface area contributed by atoms with Crippen LogP contribution in [-0.4, -0.2) is 33.8 Å². The number of aliphatic hydroxyl groups excluding tert-OH is 1. The van der Waals surface area contributed by atoms with E-state index in [1.807, 2.05) is 10.6 Å². The van der Waals surface area contributed by atoms with E-state index in [1.165, 1.54) is 0 Å². The van der Waals surface area contributed by atoms with E-state index >= 15 is 0 Å². The quantitative estimate of drug-likeness (QED) is 0.514. The molecule has 0 saturated heterocycles. The van der Waals surface area contributed by atoms with Crippen LogP contribution in [0.4, 0.5) is 5.69 Å². The van der Waals surface area contributed by atoms with Crippen molar-refractivity contribution in [1.29, 1.82) is 0 Å². The van der Waals surface area contributed by atoms with Crippen LogP contribution in [0, 0.1) is 0 Å². The fourth-order valence-electron chi connectivity index (χ4n) is 2.05. The van der Waals surface area contributed by atoms with E-state index in [9.17, 15) is 9.90 Å². The monoisotopic (exact) mass is 278 g/mol. The van der Waals surface area contributed by atoms with Crippen LogP contribution in [0.15, 0.2) is 18.2 Å². The van der Waals surface area contributed by atoms with Crippen LogP contribution in [0.3, 0.4) is 0 Å². The molecule has 1 heterocycles. The van der Waals surface area contributed by atoms with Crippen LogP contribution in [0.1, 0.15) is 18.9 Å². The predicted octanol–water partition coefficient (Wildman–Crippen LogP) is 0.174. The fourth-order valence-corrected chi connectivity index (χ4v) is 2.05. The average Bonchev–Trinajstić information content (AvgIpc) is 2.72. The molecule has 1 unspecified atom stereocenters. The summed E-state index contributed by atoms with van der Waals surface area (Å²) in [4.78, 5) is 15.0. The van der Waals surface area contributed by atoms with Gasteiger partial charge in [0.2, 0.25) is 5.91 Å². The van der Waals surface area contributed by atoms with Gasteiger partial charge in [0.05, 0.1) is 17.6 Å². The van der Waals surface area contributed by atoms with E-state index in [4.69, 9.17) is 16.2 Å². The Morgan fingerprint density at radius 1 is 1.55 bits per heavy atom. The summed E-state index contributed by atoms with van der Waals surface area (Å²) in [7, 11) is 0. The Hall–Kier alpha value is -2.12. The molecule has 1 amide bonds. The first kappa shape index (κ1) is 14.3. The predicted molar refractivity (Wildman–Crippen MR) is 74.8 cm³/mol. The summed E-state index contributed by atoms with van der Waals surface area (Å²) in [6.07, 6.45) is -0.709. The number of carbonyl (C=O) groups is 1. The fraction of sp³-hybridized carbons (Fsp3) is 0.385. The Morgan fingerprint density at radius 3 is 2.95 bits per heavy atom. The third kappa shape index (κ3) is 3.06. The van der Waals surface area contributed by atoms with Gasteiger partial charge in [-0.05, 0) is 25.1 Å². The van der Waals surface area contributed by atoms with Gasteiger partial charge in [0, 0.05) is 12.2 Å². The highest BCUT2D eigenvalue weighted by Gasteiger charge is 2.14. The van der Waals surface area contributed by atoms with Gasteiger partial charge in [-0.15, -0.1) is 0 Å². The van der Waals surface area contributed by atoms with Gasteiger partial charge < -0.3 is 25.9 Å². The van der Waals surface area contributed by atoms with Crippen molar-refractivity contribution < 1.29 is 14.6 Å². The number of hydrogen-bond acceptors (Lipinski definition) is 5. The number of ether oxygens (including phenoxy) is 1. The molecule has 2 aromatic rings. The minimum Gasteiger partial charge on any atom is -0.399 e. The van der Waals surface area contributed by atoms with E-state index in [2.05, 4.69) is 4.98 Å². The number of benzene rings is 1. The number of nitrogens with zero attached hydrogens (tertiary/aromatic N) is 2. The average molecular weight is 278 g/mol. The van der Waals surface area contributed by atoms with Crippen molar-refractivity contribution in [3.8, 4) is 0 Å². The first-order valence-corrected chi connectivity index (χ1v) is 6.29. The molecule has 0 aliphatic rings. The van der Waals surface area contributed by atoms with Gasteiger partial charge in [-0.2, -0.15) is 0 Å². The molecule has 0 radical (unpaired) electrons. The van der Waals surface area contributed by atoms with Crippen molar-refractivity contribution in [2.45, 2.75) is 19.6 Å². The van der Waals surface area contributed by atoms with Crippen LogP contribution in [0.25, 0.3) is 11.0 Å². The summed E-state index contributed by atoms with van der Waals surface area (Å²) < 4.78 is 6.99. The lowest BCUT2D eigenvalue weighted by atomic mass is 10.3. The lowest BCUT2D eigenvalue weighted by Crippen LogP contribution is -2.20. The largest absolute Gasteiger partial charge is 0.399 e. The number of nitrogens with two attached hydrogens (primary N) is 2. The van der Waals surface area contributed by atoms with E-state index < -0.39 is 12.0 Å². The Morgan fingerprint density at radius 2 is 2.30 bits per heavy atom. The van der Waals surface area contributed by atoms with E-state index in [1.54, 1.807) is 19.1 Å². The molecule has 1 atom stereocenters. The van der Waals surface area contributed by atoms with Gasteiger partial charge in [-0.25, -0.2) is 4.98 Å². The molecule has 5 N–H and O–H groups in total. The molecule has 7 heteroatoms. The van der Waals surface area contributed by atoms with Crippen molar-refractivity contribution in [1.82, 2.24) is 9.55 Å². The van der Waals surface area contributed by atoms with Gasteiger partial charge >= 0.3 is 0 Å². The third-order valence-electron chi connectivity index (χ3n) is 2.88. The van der Waals surface area contributed by atoms with Crippen molar-refractivity contribution in [2.75, 3.05) is 18.9 Å². The molecule has 7 nitrogen and oxygen atoms in total. The molecule has 1 aromatic heterocycles. The molecule has 0 spiro atoms. The van der Waals surface area contributed by atoms with E-state index in [0.29, 0.717) is 24.7 Å². The van der Waals surface area contributed by atoms with Crippen LogP contribution in [-0.2, 0) is 16.1 Å². The number of nitrogen functional groups attached to an aromatic ring is 1. The minimum absolute atomic E-state index is 0.121. The van der Waals surface area contributed by atoms with Gasteiger partial charge in [0.1, 0.15) is 18.5 Å². The molecule has 2 rings (SSSR count). The summed E-state index contributed by atoms with van der Waals surface area (Å²) in [5.74, 6) is 0.0253. The second-order valence-electron chi connectivity index (χ2n) is 4.56.